The van der Waals surface area contributed by atoms with Crippen molar-refractivity contribution in [2.24, 2.45) is 16.8 Å². The van der Waals surface area contributed by atoms with Gasteiger partial charge in [-0.25, -0.2) is 0 Å². The van der Waals surface area contributed by atoms with Gasteiger partial charge < -0.3 is 15.5 Å². The lowest BCUT2D eigenvalue weighted by atomic mass is 9.99. The number of likely N-dealkylation sites (tertiary alicyclic amines) is 1. The second-order valence-electron chi connectivity index (χ2n) is 6.94. The van der Waals surface area contributed by atoms with Crippen LogP contribution in [-0.4, -0.2) is 51.1 Å². The fourth-order valence-electron chi connectivity index (χ4n) is 3.80. The van der Waals surface area contributed by atoms with Crippen molar-refractivity contribution in [3.63, 3.8) is 0 Å². The van der Waals surface area contributed by atoms with Crippen molar-refractivity contribution in [2.45, 2.75) is 51.4 Å². The van der Waals surface area contributed by atoms with Crippen molar-refractivity contribution in [1.29, 1.82) is 0 Å². The van der Waals surface area contributed by atoms with Gasteiger partial charge in [0.25, 0.3) is 0 Å². The van der Waals surface area contributed by atoms with Crippen molar-refractivity contribution in [2.75, 3.05) is 40.3 Å². The van der Waals surface area contributed by atoms with E-state index in [4.69, 9.17) is 0 Å². The molecule has 0 aromatic carbocycles. The quantitative estimate of drug-likeness (QED) is 0.299. The van der Waals surface area contributed by atoms with E-state index in [-0.39, 0.29) is 24.0 Å². The molecule has 1 heterocycles. The Labute approximate surface area is 153 Å². The SMILES string of the molecule is CN=C(NCCCC1CCCC1)NCC1CCCN(C)C1.I. The summed E-state index contributed by atoms with van der Waals surface area (Å²) < 4.78 is 0. The van der Waals surface area contributed by atoms with Crippen molar-refractivity contribution in [3.8, 4) is 0 Å². The molecular formula is C17H35IN4. The molecule has 0 amide bonds. The van der Waals surface area contributed by atoms with E-state index >= 15 is 0 Å². The predicted molar refractivity (Wildman–Crippen MR) is 106 cm³/mol. The third kappa shape index (κ3) is 7.49. The first-order valence-corrected chi connectivity index (χ1v) is 8.91. The van der Waals surface area contributed by atoms with Crippen LogP contribution in [0.15, 0.2) is 4.99 Å². The zero-order valence-electron chi connectivity index (χ0n) is 14.4. The first kappa shape index (κ1) is 20.0. The van der Waals surface area contributed by atoms with Crippen LogP contribution in [0, 0.1) is 11.8 Å². The summed E-state index contributed by atoms with van der Waals surface area (Å²) in [5.74, 6) is 2.75. The van der Waals surface area contributed by atoms with E-state index in [1.165, 1.54) is 64.5 Å². The van der Waals surface area contributed by atoms with E-state index < -0.39 is 0 Å². The molecule has 0 radical (unpaired) electrons. The van der Waals surface area contributed by atoms with Crippen LogP contribution in [0.1, 0.15) is 51.4 Å². The maximum Gasteiger partial charge on any atom is 0.190 e. The first-order valence-electron chi connectivity index (χ1n) is 8.91. The zero-order chi connectivity index (χ0) is 14.9. The topological polar surface area (TPSA) is 39.7 Å². The van der Waals surface area contributed by atoms with Gasteiger partial charge in [0, 0.05) is 26.7 Å². The summed E-state index contributed by atoms with van der Waals surface area (Å²) in [4.78, 5) is 6.78. The van der Waals surface area contributed by atoms with Gasteiger partial charge in [0.2, 0.25) is 0 Å². The van der Waals surface area contributed by atoms with Crippen LogP contribution in [-0.2, 0) is 0 Å². The van der Waals surface area contributed by atoms with Crippen LogP contribution < -0.4 is 10.6 Å². The predicted octanol–water partition coefficient (Wildman–Crippen LogP) is 3.08. The van der Waals surface area contributed by atoms with E-state index in [1.54, 1.807) is 0 Å². The van der Waals surface area contributed by atoms with E-state index in [0.717, 1.165) is 30.9 Å². The number of nitrogens with one attached hydrogen (secondary N) is 2. The minimum atomic E-state index is 0. The van der Waals surface area contributed by atoms with Crippen molar-refractivity contribution < 1.29 is 0 Å². The maximum absolute atomic E-state index is 4.34. The Morgan fingerprint density at radius 1 is 1.09 bits per heavy atom. The van der Waals surface area contributed by atoms with E-state index in [9.17, 15) is 0 Å². The molecule has 5 heteroatoms. The lowest BCUT2D eigenvalue weighted by Crippen LogP contribution is -2.43. The number of hydrogen-bond acceptors (Lipinski definition) is 2. The molecule has 4 nitrogen and oxygen atoms in total. The highest BCUT2D eigenvalue weighted by molar-refractivity contribution is 14.0. The summed E-state index contributed by atoms with van der Waals surface area (Å²) >= 11 is 0. The molecular weight excluding hydrogens is 387 g/mol. The summed E-state index contributed by atoms with van der Waals surface area (Å²) in [7, 11) is 4.10. The molecule has 1 aliphatic carbocycles. The summed E-state index contributed by atoms with van der Waals surface area (Å²) in [6.07, 6.45) is 11.2. The van der Waals surface area contributed by atoms with Crippen molar-refractivity contribution >= 4 is 29.9 Å². The molecule has 1 saturated heterocycles. The molecule has 0 spiro atoms. The largest absolute Gasteiger partial charge is 0.356 e. The minimum absolute atomic E-state index is 0. The summed E-state index contributed by atoms with van der Waals surface area (Å²) in [5.41, 5.74) is 0. The van der Waals surface area contributed by atoms with E-state index in [2.05, 4.69) is 27.6 Å². The molecule has 0 aromatic rings. The highest BCUT2D eigenvalue weighted by Gasteiger charge is 2.17. The Kier molecular flexibility index (Phi) is 10.4. The highest BCUT2D eigenvalue weighted by atomic mass is 127. The average Bonchev–Trinajstić information content (AvgIpc) is 3.00. The first-order chi connectivity index (χ1) is 10.3. The van der Waals surface area contributed by atoms with Crippen molar-refractivity contribution in [3.05, 3.63) is 0 Å². The smallest absolute Gasteiger partial charge is 0.190 e. The molecule has 2 N–H and O–H groups in total. The van der Waals surface area contributed by atoms with Crippen LogP contribution in [0.4, 0.5) is 0 Å². The van der Waals surface area contributed by atoms with Gasteiger partial charge >= 0.3 is 0 Å². The third-order valence-corrected chi connectivity index (χ3v) is 5.06. The summed E-state index contributed by atoms with van der Waals surface area (Å²) in [5, 5.41) is 6.97. The van der Waals surface area contributed by atoms with Crippen LogP contribution in [0.5, 0.6) is 0 Å². The van der Waals surface area contributed by atoms with Gasteiger partial charge in [0.15, 0.2) is 5.96 Å². The molecule has 1 saturated carbocycles. The molecule has 2 fully saturated rings. The molecule has 1 unspecified atom stereocenters. The number of hydrogen-bond donors (Lipinski definition) is 2. The summed E-state index contributed by atoms with van der Waals surface area (Å²) in [6.45, 7) is 4.57. The molecule has 0 aromatic heterocycles. The van der Waals surface area contributed by atoms with E-state index in [0.29, 0.717) is 0 Å². The Morgan fingerprint density at radius 2 is 1.82 bits per heavy atom. The lowest BCUT2D eigenvalue weighted by Gasteiger charge is -2.30. The van der Waals surface area contributed by atoms with Gasteiger partial charge in [-0.15, -0.1) is 24.0 Å². The number of piperidine rings is 1. The Hall–Kier alpha value is -0.0400. The van der Waals surface area contributed by atoms with Gasteiger partial charge in [-0.2, -0.15) is 0 Å². The van der Waals surface area contributed by atoms with Gasteiger partial charge in [-0.3, -0.25) is 4.99 Å². The number of guanidine groups is 1. The van der Waals surface area contributed by atoms with Crippen LogP contribution >= 0.6 is 24.0 Å². The average molecular weight is 422 g/mol. The summed E-state index contributed by atoms with van der Waals surface area (Å²) in [6, 6.07) is 0. The fourth-order valence-corrected chi connectivity index (χ4v) is 3.80. The van der Waals surface area contributed by atoms with E-state index in [1.807, 2.05) is 7.05 Å². The monoisotopic (exact) mass is 422 g/mol. The number of nitrogens with zero attached hydrogens (tertiary/aromatic N) is 2. The Bertz CT molecular complexity index is 316. The van der Waals surface area contributed by atoms with Gasteiger partial charge in [0.1, 0.15) is 0 Å². The Balaban J connectivity index is 0.00000242. The van der Waals surface area contributed by atoms with Crippen LogP contribution in [0.2, 0.25) is 0 Å². The highest BCUT2D eigenvalue weighted by Crippen LogP contribution is 2.28. The zero-order valence-corrected chi connectivity index (χ0v) is 16.8. The molecule has 1 atom stereocenters. The number of rotatable bonds is 6. The van der Waals surface area contributed by atoms with Gasteiger partial charge in [-0.05, 0) is 51.1 Å². The fraction of sp³-hybridized carbons (Fsp3) is 0.941. The van der Waals surface area contributed by atoms with Gasteiger partial charge in [-0.1, -0.05) is 25.7 Å². The third-order valence-electron chi connectivity index (χ3n) is 5.06. The Morgan fingerprint density at radius 3 is 2.50 bits per heavy atom. The second kappa shape index (κ2) is 11.5. The molecule has 2 rings (SSSR count). The van der Waals surface area contributed by atoms with Crippen molar-refractivity contribution in [1.82, 2.24) is 15.5 Å². The normalized spacial score (nSPS) is 24.1. The van der Waals surface area contributed by atoms with Crippen LogP contribution in [0.3, 0.4) is 0 Å². The molecule has 1 aliphatic heterocycles. The molecule has 22 heavy (non-hydrogen) atoms. The van der Waals surface area contributed by atoms with Crippen LogP contribution in [0.25, 0.3) is 0 Å². The molecule has 130 valence electrons. The number of aliphatic imine (C=N–C) groups is 1. The molecule has 0 bridgehead atoms. The van der Waals surface area contributed by atoms with Gasteiger partial charge in [0.05, 0.1) is 0 Å². The standard InChI is InChI=1S/C17H34N4.HI/c1-18-17(19-11-5-9-15-7-3-4-8-15)20-13-16-10-6-12-21(2)14-16;/h15-16H,3-14H2,1-2H3,(H2,18,19,20);1H. The second-order valence-corrected chi connectivity index (χ2v) is 6.94. The molecule has 2 aliphatic rings. The minimum Gasteiger partial charge on any atom is -0.356 e. The maximum atomic E-state index is 4.34. The lowest BCUT2D eigenvalue weighted by molar-refractivity contribution is 0.210. The number of halogens is 1.